The van der Waals surface area contributed by atoms with Crippen molar-refractivity contribution in [3.63, 3.8) is 0 Å². The van der Waals surface area contributed by atoms with Crippen LogP contribution in [0.15, 0.2) is 10.3 Å². The molecule has 3 N–H and O–H groups in total. The number of nitrogens with one attached hydrogen (secondary N) is 1. The third kappa shape index (κ3) is 3.76. The van der Waals surface area contributed by atoms with E-state index in [0.29, 0.717) is 5.56 Å². The first kappa shape index (κ1) is 17.1. The van der Waals surface area contributed by atoms with Crippen LogP contribution in [0.1, 0.15) is 22.2 Å². The van der Waals surface area contributed by atoms with Gasteiger partial charge in [0.05, 0.1) is 19.3 Å². The molecule has 1 rings (SSSR count). The second kappa shape index (κ2) is 6.19. The maximum Gasteiger partial charge on any atom is 0.349 e. The van der Waals surface area contributed by atoms with Gasteiger partial charge in [-0.1, -0.05) is 0 Å². The van der Waals surface area contributed by atoms with Crippen molar-refractivity contribution in [3.05, 3.63) is 15.8 Å². The predicted octanol–water partition coefficient (Wildman–Crippen LogP) is -0.135. The molecule has 0 saturated heterocycles. The average molecular weight is 323 g/mol. The summed E-state index contributed by atoms with van der Waals surface area (Å²) in [5.41, 5.74) is -1.17. The van der Waals surface area contributed by atoms with Crippen LogP contribution in [0.3, 0.4) is 0 Å². The van der Waals surface area contributed by atoms with Crippen molar-refractivity contribution >= 4 is 27.3 Å². The minimum absolute atomic E-state index is 0.0267. The van der Waals surface area contributed by atoms with Gasteiger partial charge in [0.1, 0.15) is 9.77 Å². The number of thiophene rings is 1. The van der Waals surface area contributed by atoms with Gasteiger partial charge < -0.3 is 14.9 Å². The number of hydrogen-bond donors (Lipinski definition) is 3. The van der Waals surface area contributed by atoms with Crippen LogP contribution >= 0.6 is 11.3 Å². The van der Waals surface area contributed by atoms with E-state index >= 15 is 0 Å². The van der Waals surface area contributed by atoms with Gasteiger partial charge in [0.25, 0.3) is 0 Å². The molecule has 114 valence electrons. The number of sulfonamides is 1. The standard InChI is InChI=1S/C11H17NO6S2/c1-7-4-19-8(10(14)18-3)9(7)20(16,17)12-5-11(2,15)6-13/h4,12-13,15H,5-6H2,1-3H3. The van der Waals surface area contributed by atoms with Crippen LogP contribution < -0.4 is 4.72 Å². The van der Waals surface area contributed by atoms with Crippen LogP contribution in [0.5, 0.6) is 0 Å². The van der Waals surface area contributed by atoms with Gasteiger partial charge in [-0.3, -0.25) is 0 Å². The van der Waals surface area contributed by atoms with Crippen molar-refractivity contribution in [2.24, 2.45) is 0 Å². The SMILES string of the molecule is COC(=O)c1scc(C)c1S(=O)(=O)NCC(C)(O)CO. The van der Waals surface area contributed by atoms with E-state index < -0.39 is 28.2 Å². The number of rotatable bonds is 6. The average Bonchev–Trinajstić information content (AvgIpc) is 2.78. The summed E-state index contributed by atoms with van der Waals surface area (Å²) in [6.07, 6.45) is 0. The van der Waals surface area contributed by atoms with Crippen LogP contribution in [-0.2, 0) is 14.8 Å². The molecule has 9 heteroatoms. The number of carbonyl (C=O) groups is 1. The first-order valence-corrected chi connectivity index (χ1v) is 8.00. The third-order valence-electron chi connectivity index (χ3n) is 2.54. The molecular weight excluding hydrogens is 306 g/mol. The Morgan fingerprint density at radius 2 is 2.15 bits per heavy atom. The summed E-state index contributed by atoms with van der Waals surface area (Å²) >= 11 is 0.969. The normalized spacial score (nSPS) is 14.8. The Morgan fingerprint density at radius 1 is 1.55 bits per heavy atom. The molecule has 0 fully saturated rings. The summed E-state index contributed by atoms with van der Waals surface area (Å²) in [5, 5.41) is 20.0. The van der Waals surface area contributed by atoms with Crippen molar-refractivity contribution in [2.45, 2.75) is 24.3 Å². The zero-order valence-corrected chi connectivity index (χ0v) is 13.0. The molecule has 0 aliphatic rings. The fourth-order valence-corrected chi connectivity index (χ4v) is 4.24. The number of carbonyl (C=O) groups excluding carboxylic acids is 1. The molecule has 1 aromatic rings. The van der Waals surface area contributed by atoms with Crippen molar-refractivity contribution in [1.82, 2.24) is 4.72 Å². The van der Waals surface area contributed by atoms with E-state index in [4.69, 9.17) is 5.11 Å². The van der Waals surface area contributed by atoms with E-state index in [2.05, 4.69) is 9.46 Å². The number of aryl methyl sites for hydroxylation is 1. The Morgan fingerprint density at radius 3 is 2.65 bits per heavy atom. The van der Waals surface area contributed by atoms with Gasteiger partial charge in [-0.05, 0) is 24.8 Å². The van der Waals surface area contributed by atoms with Gasteiger partial charge in [-0.25, -0.2) is 17.9 Å². The van der Waals surface area contributed by atoms with Crippen LogP contribution in [0.2, 0.25) is 0 Å². The Labute approximate surface area is 121 Å². The molecule has 0 aliphatic heterocycles. The number of methoxy groups -OCH3 is 1. The summed E-state index contributed by atoms with van der Waals surface area (Å²) in [7, 11) is -2.82. The smallest absolute Gasteiger partial charge is 0.349 e. The first-order chi connectivity index (χ1) is 9.14. The van der Waals surface area contributed by atoms with Gasteiger partial charge in [0, 0.05) is 6.54 Å². The first-order valence-electron chi connectivity index (χ1n) is 5.64. The Balaban J connectivity index is 3.10. The summed E-state index contributed by atoms with van der Waals surface area (Å²) in [4.78, 5) is 11.4. The topological polar surface area (TPSA) is 113 Å². The molecule has 1 atom stereocenters. The van der Waals surface area contributed by atoms with Crippen molar-refractivity contribution in [3.8, 4) is 0 Å². The van der Waals surface area contributed by atoms with Crippen LogP contribution in [0.4, 0.5) is 0 Å². The molecule has 0 radical (unpaired) electrons. The van der Waals surface area contributed by atoms with E-state index in [9.17, 15) is 18.3 Å². The summed E-state index contributed by atoms with van der Waals surface area (Å²) in [6, 6.07) is 0. The van der Waals surface area contributed by atoms with Crippen LogP contribution in [-0.4, -0.2) is 50.5 Å². The Kier molecular flexibility index (Phi) is 5.27. The molecule has 0 spiro atoms. The highest BCUT2D eigenvalue weighted by atomic mass is 32.2. The quantitative estimate of drug-likeness (QED) is 0.628. The summed E-state index contributed by atoms with van der Waals surface area (Å²) in [5.74, 6) is -0.739. The highest BCUT2D eigenvalue weighted by Crippen LogP contribution is 2.27. The molecule has 0 amide bonds. The maximum atomic E-state index is 12.2. The monoisotopic (exact) mass is 323 g/mol. The number of aliphatic hydroxyl groups is 2. The van der Waals surface area contributed by atoms with Gasteiger partial charge >= 0.3 is 5.97 Å². The highest BCUT2D eigenvalue weighted by Gasteiger charge is 2.29. The predicted molar refractivity (Wildman–Crippen MR) is 73.3 cm³/mol. The molecule has 0 saturated carbocycles. The molecule has 20 heavy (non-hydrogen) atoms. The minimum atomic E-state index is -3.99. The number of ether oxygens (including phenoxy) is 1. The molecule has 1 heterocycles. The second-order valence-electron chi connectivity index (χ2n) is 4.55. The number of aliphatic hydroxyl groups excluding tert-OH is 1. The van der Waals surface area contributed by atoms with Crippen molar-refractivity contribution in [1.29, 1.82) is 0 Å². The molecule has 0 bridgehead atoms. The summed E-state index contributed by atoms with van der Waals surface area (Å²) < 4.78 is 31.1. The van der Waals surface area contributed by atoms with Crippen LogP contribution in [0, 0.1) is 6.92 Å². The van der Waals surface area contributed by atoms with Crippen molar-refractivity contribution < 1.29 is 28.2 Å². The number of esters is 1. The Hall–Kier alpha value is -1.00. The fourth-order valence-electron chi connectivity index (χ4n) is 1.38. The zero-order valence-electron chi connectivity index (χ0n) is 11.3. The molecule has 1 aromatic heterocycles. The van der Waals surface area contributed by atoms with Gasteiger partial charge in [0.2, 0.25) is 10.0 Å². The lowest BCUT2D eigenvalue weighted by Gasteiger charge is -2.20. The van der Waals surface area contributed by atoms with E-state index in [0.717, 1.165) is 18.4 Å². The Bertz CT molecular complexity index is 590. The minimum Gasteiger partial charge on any atom is -0.465 e. The largest absolute Gasteiger partial charge is 0.465 e. The third-order valence-corrected chi connectivity index (χ3v) is 5.34. The molecule has 7 nitrogen and oxygen atoms in total. The van der Waals surface area contributed by atoms with E-state index in [-0.39, 0.29) is 16.3 Å². The van der Waals surface area contributed by atoms with Crippen LogP contribution in [0.25, 0.3) is 0 Å². The van der Waals surface area contributed by atoms with E-state index in [1.165, 1.54) is 12.3 Å². The van der Waals surface area contributed by atoms with E-state index in [1.807, 2.05) is 0 Å². The molecule has 0 aromatic carbocycles. The lowest BCUT2D eigenvalue weighted by Crippen LogP contribution is -2.43. The maximum absolute atomic E-state index is 12.2. The molecule has 1 unspecified atom stereocenters. The number of hydrogen-bond acceptors (Lipinski definition) is 7. The lowest BCUT2D eigenvalue weighted by atomic mass is 10.1. The summed E-state index contributed by atoms with van der Waals surface area (Å²) in [6.45, 7) is 1.88. The highest BCUT2D eigenvalue weighted by molar-refractivity contribution is 7.89. The molecular formula is C11H17NO6S2. The van der Waals surface area contributed by atoms with Crippen molar-refractivity contribution in [2.75, 3.05) is 20.3 Å². The zero-order chi connectivity index (χ0) is 15.6. The van der Waals surface area contributed by atoms with Gasteiger partial charge in [0.15, 0.2) is 0 Å². The van der Waals surface area contributed by atoms with Gasteiger partial charge in [-0.15, -0.1) is 11.3 Å². The molecule has 0 aliphatic carbocycles. The lowest BCUT2D eigenvalue weighted by molar-refractivity contribution is 0.00681. The second-order valence-corrected chi connectivity index (χ2v) is 7.13. The fraction of sp³-hybridized carbons (Fsp3) is 0.545. The van der Waals surface area contributed by atoms with E-state index in [1.54, 1.807) is 6.92 Å². The van der Waals surface area contributed by atoms with Gasteiger partial charge in [-0.2, -0.15) is 0 Å².